The molecule has 0 saturated heterocycles. The molecule has 0 aliphatic heterocycles. The summed E-state index contributed by atoms with van der Waals surface area (Å²) >= 11 is 8.59. The number of hydrogen-bond donors (Lipinski definition) is 2. The maximum atomic E-state index is 11.6. The lowest BCUT2D eigenvalue weighted by molar-refractivity contribution is -0.111. The highest BCUT2D eigenvalue weighted by Crippen LogP contribution is 2.37. The standard InChI is InChI=1S/C17H13ClIN3O/c1-3-13(23)21-12-8-10(5-4-9(12)2)14-15-11(18)6-7-20-17(15)22-16(14)19/h3-8H,1H2,2H3,(H,20,22)(H,21,23). The molecule has 0 aliphatic carbocycles. The third-order valence-electron chi connectivity index (χ3n) is 3.57. The highest BCUT2D eigenvalue weighted by atomic mass is 127. The van der Waals surface area contributed by atoms with Gasteiger partial charge in [0, 0.05) is 22.8 Å². The number of carbonyl (C=O) groups is 1. The number of hydrogen-bond acceptors (Lipinski definition) is 2. The number of amides is 1. The van der Waals surface area contributed by atoms with Crippen LogP contribution in [0.15, 0.2) is 43.1 Å². The second kappa shape index (κ2) is 6.33. The highest BCUT2D eigenvalue weighted by molar-refractivity contribution is 14.1. The van der Waals surface area contributed by atoms with Crippen LogP contribution in [0.2, 0.25) is 5.02 Å². The Morgan fingerprint density at radius 1 is 1.43 bits per heavy atom. The van der Waals surface area contributed by atoms with Crippen LogP contribution in [0.1, 0.15) is 5.56 Å². The van der Waals surface area contributed by atoms with E-state index in [1.165, 1.54) is 6.08 Å². The van der Waals surface area contributed by atoms with Crippen molar-refractivity contribution < 1.29 is 4.79 Å². The molecule has 0 unspecified atom stereocenters. The van der Waals surface area contributed by atoms with Gasteiger partial charge in [0.2, 0.25) is 5.91 Å². The number of fused-ring (bicyclic) bond motifs is 1. The molecule has 0 atom stereocenters. The maximum Gasteiger partial charge on any atom is 0.247 e. The molecule has 0 spiro atoms. The van der Waals surface area contributed by atoms with E-state index in [9.17, 15) is 4.79 Å². The van der Waals surface area contributed by atoms with Gasteiger partial charge in [0.05, 0.1) is 8.72 Å². The zero-order valence-corrected chi connectivity index (χ0v) is 15.2. The number of aryl methyl sites for hydroxylation is 1. The number of nitrogens with zero attached hydrogens (tertiary/aromatic N) is 1. The van der Waals surface area contributed by atoms with E-state index in [0.717, 1.165) is 37.1 Å². The molecule has 23 heavy (non-hydrogen) atoms. The highest BCUT2D eigenvalue weighted by Gasteiger charge is 2.16. The third kappa shape index (κ3) is 2.98. The number of aromatic nitrogens is 2. The first-order chi connectivity index (χ1) is 11.0. The van der Waals surface area contributed by atoms with Gasteiger partial charge in [0.1, 0.15) is 5.65 Å². The molecule has 3 rings (SSSR count). The number of carbonyl (C=O) groups excluding carboxylic acids is 1. The van der Waals surface area contributed by atoms with Crippen molar-refractivity contribution in [3.8, 4) is 11.1 Å². The summed E-state index contributed by atoms with van der Waals surface area (Å²) in [5.41, 5.74) is 4.41. The summed E-state index contributed by atoms with van der Waals surface area (Å²) in [4.78, 5) is 19.2. The van der Waals surface area contributed by atoms with Crippen molar-refractivity contribution in [1.29, 1.82) is 0 Å². The van der Waals surface area contributed by atoms with Crippen LogP contribution in [0.3, 0.4) is 0 Å². The zero-order valence-electron chi connectivity index (χ0n) is 12.3. The molecule has 0 aliphatic rings. The Morgan fingerprint density at radius 3 is 2.96 bits per heavy atom. The van der Waals surface area contributed by atoms with Crippen molar-refractivity contribution >= 4 is 56.8 Å². The van der Waals surface area contributed by atoms with E-state index in [-0.39, 0.29) is 5.91 Å². The molecule has 4 nitrogen and oxygen atoms in total. The monoisotopic (exact) mass is 437 g/mol. The minimum atomic E-state index is -0.237. The van der Waals surface area contributed by atoms with Crippen LogP contribution < -0.4 is 5.32 Å². The molecular formula is C17H13ClIN3O. The second-order valence-electron chi connectivity index (χ2n) is 5.05. The van der Waals surface area contributed by atoms with Crippen LogP contribution >= 0.6 is 34.2 Å². The minimum Gasteiger partial charge on any atom is -0.334 e. The van der Waals surface area contributed by atoms with Crippen molar-refractivity contribution in [2.75, 3.05) is 5.32 Å². The Morgan fingerprint density at radius 2 is 2.22 bits per heavy atom. The van der Waals surface area contributed by atoms with Crippen LogP contribution in [0, 0.1) is 10.6 Å². The summed E-state index contributed by atoms with van der Waals surface area (Å²) in [7, 11) is 0. The molecular weight excluding hydrogens is 425 g/mol. The predicted octanol–water partition coefficient (Wildman–Crippen LogP) is 4.92. The summed E-state index contributed by atoms with van der Waals surface area (Å²) in [6.45, 7) is 5.42. The summed E-state index contributed by atoms with van der Waals surface area (Å²) in [6.07, 6.45) is 2.92. The lowest BCUT2D eigenvalue weighted by Crippen LogP contribution is -2.08. The second-order valence-corrected chi connectivity index (χ2v) is 6.54. The van der Waals surface area contributed by atoms with Crippen LogP contribution in [0.25, 0.3) is 22.2 Å². The first-order valence-corrected chi connectivity index (χ1v) is 8.33. The van der Waals surface area contributed by atoms with Gasteiger partial charge in [0.15, 0.2) is 0 Å². The molecule has 0 saturated carbocycles. The average Bonchev–Trinajstić information content (AvgIpc) is 2.87. The topological polar surface area (TPSA) is 57.8 Å². The molecule has 0 bridgehead atoms. The summed E-state index contributed by atoms with van der Waals surface area (Å²) in [6, 6.07) is 7.68. The van der Waals surface area contributed by atoms with E-state index in [1.54, 1.807) is 12.3 Å². The lowest BCUT2D eigenvalue weighted by Gasteiger charge is -2.10. The van der Waals surface area contributed by atoms with Gasteiger partial charge in [-0.25, -0.2) is 4.98 Å². The third-order valence-corrected chi connectivity index (χ3v) is 4.69. The number of pyridine rings is 1. The number of aromatic amines is 1. The molecule has 2 heterocycles. The van der Waals surface area contributed by atoms with Crippen molar-refractivity contribution in [2.45, 2.75) is 6.92 Å². The number of anilines is 1. The molecule has 0 fully saturated rings. The fraction of sp³-hybridized carbons (Fsp3) is 0.0588. The van der Waals surface area contributed by atoms with Gasteiger partial charge < -0.3 is 10.3 Å². The van der Waals surface area contributed by atoms with E-state index < -0.39 is 0 Å². The summed E-state index contributed by atoms with van der Waals surface area (Å²) in [5.74, 6) is -0.237. The summed E-state index contributed by atoms with van der Waals surface area (Å²) < 4.78 is 0.947. The van der Waals surface area contributed by atoms with E-state index >= 15 is 0 Å². The van der Waals surface area contributed by atoms with E-state index in [0.29, 0.717) is 5.02 Å². The van der Waals surface area contributed by atoms with Gasteiger partial charge >= 0.3 is 0 Å². The molecule has 2 aromatic heterocycles. The Labute approximate surface area is 152 Å². The first kappa shape index (κ1) is 16.0. The van der Waals surface area contributed by atoms with Gasteiger partial charge in [-0.15, -0.1) is 0 Å². The molecule has 3 aromatic rings. The summed E-state index contributed by atoms with van der Waals surface area (Å²) in [5, 5.41) is 4.34. The Kier molecular flexibility index (Phi) is 4.41. The van der Waals surface area contributed by atoms with Crippen molar-refractivity contribution in [1.82, 2.24) is 9.97 Å². The van der Waals surface area contributed by atoms with Crippen molar-refractivity contribution in [2.24, 2.45) is 0 Å². The number of nitrogens with one attached hydrogen (secondary N) is 2. The van der Waals surface area contributed by atoms with Crippen molar-refractivity contribution in [3.05, 3.63) is 57.4 Å². The van der Waals surface area contributed by atoms with Gasteiger partial charge in [-0.1, -0.05) is 30.3 Å². The Balaban J connectivity index is 2.20. The maximum absolute atomic E-state index is 11.6. The molecule has 1 aromatic carbocycles. The minimum absolute atomic E-state index is 0.237. The fourth-order valence-electron chi connectivity index (χ4n) is 2.41. The molecule has 1 amide bonds. The number of H-pyrrole nitrogens is 1. The van der Waals surface area contributed by atoms with Crippen LogP contribution in [-0.2, 0) is 4.79 Å². The normalized spacial score (nSPS) is 10.7. The zero-order chi connectivity index (χ0) is 16.6. The molecule has 0 radical (unpaired) electrons. The average molecular weight is 438 g/mol. The van der Waals surface area contributed by atoms with E-state index in [1.807, 2.05) is 25.1 Å². The quantitative estimate of drug-likeness (QED) is 0.451. The van der Waals surface area contributed by atoms with Crippen LogP contribution in [0.4, 0.5) is 5.69 Å². The van der Waals surface area contributed by atoms with Crippen LogP contribution in [0.5, 0.6) is 0 Å². The van der Waals surface area contributed by atoms with Gasteiger partial charge in [-0.2, -0.15) is 0 Å². The lowest BCUT2D eigenvalue weighted by atomic mass is 10.0. The Bertz CT molecular complexity index is 933. The largest absolute Gasteiger partial charge is 0.334 e. The van der Waals surface area contributed by atoms with E-state index in [4.69, 9.17) is 11.6 Å². The smallest absolute Gasteiger partial charge is 0.247 e. The van der Waals surface area contributed by atoms with Crippen molar-refractivity contribution in [3.63, 3.8) is 0 Å². The van der Waals surface area contributed by atoms with Gasteiger partial charge in [-0.3, -0.25) is 4.79 Å². The number of rotatable bonds is 3. The molecule has 116 valence electrons. The van der Waals surface area contributed by atoms with Gasteiger partial charge in [-0.05, 0) is 58.9 Å². The SMILES string of the molecule is C=CC(=O)Nc1cc(-c2c(I)[nH]c3nccc(Cl)c23)ccc1C. The van der Waals surface area contributed by atoms with Gasteiger partial charge in [0.25, 0.3) is 0 Å². The predicted molar refractivity (Wildman–Crippen MR) is 103 cm³/mol. The first-order valence-electron chi connectivity index (χ1n) is 6.87. The molecule has 2 N–H and O–H groups in total. The fourth-order valence-corrected chi connectivity index (χ4v) is 3.49. The number of halogens is 2. The van der Waals surface area contributed by atoms with E-state index in [2.05, 4.69) is 44.5 Å². The molecule has 6 heteroatoms. The van der Waals surface area contributed by atoms with Crippen LogP contribution in [-0.4, -0.2) is 15.9 Å². The Hall–Kier alpha value is -1.86. The number of benzene rings is 1.